The van der Waals surface area contributed by atoms with E-state index in [1.807, 2.05) is 18.2 Å². The molecule has 3 heterocycles. The van der Waals surface area contributed by atoms with E-state index in [1.54, 1.807) is 0 Å². The average Bonchev–Trinajstić information content (AvgIpc) is 3.16. The summed E-state index contributed by atoms with van der Waals surface area (Å²) in [6.07, 6.45) is -4.32. The maximum atomic E-state index is 13.2. The quantitative estimate of drug-likeness (QED) is 0.509. The number of ether oxygens (including phenoxy) is 1. The van der Waals surface area contributed by atoms with Crippen LogP contribution in [-0.2, 0) is 17.4 Å². The number of hydrogen-bond acceptors (Lipinski definition) is 6. The van der Waals surface area contributed by atoms with E-state index in [-0.39, 0.29) is 23.4 Å². The summed E-state index contributed by atoms with van der Waals surface area (Å²) in [5.74, 6) is -1.07. The molecule has 2 aliphatic rings. The van der Waals surface area contributed by atoms with Gasteiger partial charge in [0.05, 0.1) is 0 Å². The van der Waals surface area contributed by atoms with E-state index in [0.717, 1.165) is 43.5 Å². The number of hydrogen-bond donors (Lipinski definition) is 1. The number of anilines is 1. The van der Waals surface area contributed by atoms with E-state index in [2.05, 4.69) is 15.2 Å². The van der Waals surface area contributed by atoms with Crippen LogP contribution < -0.4 is 15.0 Å². The summed E-state index contributed by atoms with van der Waals surface area (Å²) in [5, 5.41) is 3.29. The highest BCUT2D eigenvalue weighted by atomic mass is 19.4. The van der Waals surface area contributed by atoms with Gasteiger partial charge in [-0.1, -0.05) is 12.1 Å². The molecule has 0 aliphatic carbocycles. The summed E-state index contributed by atoms with van der Waals surface area (Å²) < 4.78 is 50.7. The zero-order chi connectivity index (χ0) is 20.9. The van der Waals surface area contributed by atoms with Crippen LogP contribution in [-0.4, -0.2) is 37.1 Å². The molecule has 5 rings (SSSR count). The topological polar surface area (TPSA) is 67.6 Å². The lowest BCUT2D eigenvalue weighted by molar-refractivity contribution is -0.137. The molecule has 0 radical (unpaired) electrons. The second kappa shape index (κ2) is 7.02. The van der Waals surface area contributed by atoms with Crippen molar-refractivity contribution in [3.05, 3.63) is 53.4 Å². The number of piperazine rings is 1. The molecule has 1 aromatic heterocycles. The lowest BCUT2D eigenvalue weighted by atomic mass is 9.95. The van der Waals surface area contributed by atoms with E-state index >= 15 is 0 Å². The highest BCUT2D eigenvalue weighted by molar-refractivity contribution is 5.84. The van der Waals surface area contributed by atoms with Gasteiger partial charge in [0, 0.05) is 37.9 Å². The number of carbonyl (C=O) groups excluding carboxylic acids is 1. The summed E-state index contributed by atoms with van der Waals surface area (Å²) in [6.45, 7) is 3.49. The van der Waals surface area contributed by atoms with Gasteiger partial charge < -0.3 is 19.4 Å². The van der Waals surface area contributed by atoms with Crippen LogP contribution in [0.3, 0.4) is 0 Å². The van der Waals surface area contributed by atoms with Gasteiger partial charge in [0.15, 0.2) is 5.58 Å². The Kier molecular flexibility index (Phi) is 4.43. The Morgan fingerprint density at radius 3 is 2.70 bits per heavy atom. The minimum absolute atomic E-state index is 0.0625. The molecule has 9 heteroatoms. The normalized spacial score (nSPS) is 19.6. The zero-order valence-electron chi connectivity index (χ0n) is 15.8. The first-order chi connectivity index (χ1) is 14.4. The van der Waals surface area contributed by atoms with Crippen LogP contribution in [0.5, 0.6) is 5.75 Å². The zero-order valence-corrected chi connectivity index (χ0v) is 15.8. The van der Waals surface area contributed by atoms with Gasteiger partial charge in [0.2, 0.25) is 5.89 Å². The number of oxazole rings is 1. The van der Waals surface area contributed by atoms with Crippen molar-refractivity contribution in [1.29, 1.82) is 0 Å². The number of nitrogens with zero attached hydrogens (tertiary/aromatic N) is 2. The molecule has 0 bridgehead atoms. The van der Waals surface area contributed by atoms with Crippen molar-refractivity contribution in [3.8, 4) is 5.75 Å². The van der Waals surface area contributed by atoms with E-state index in [1.165, 1.54) is 12.1 Å². The molecule has 0 amide bonds. The van der Waals surface area contributed by atoms with Crippen LogP contribution in [0.4, 0.5) is 18.9 Å². The number of carbonyl (C=O) groups is 1. The number of esters is 1. The second-order valence-corrected chi connectivity index (χ2v) is 7.41. The first-order valence-corrected chi connectivity index (χ1v) is 9.67. The number of halogens is 3. The molecule has 1 atom stereocenters. The maximum Gasteiger partial charge on any atom is 0.420 e. The standard InChI is InChI=1S/C21H18F3N3O3/c22-21(23,24)15-2-1-3-16-18(15)30-19(26-16)14-10-12-4-5-13(11-17(12)29-20(14)28)27-8-6-25-7-9-27/h1-5,11,14,25H,6-10H2. The van der Waals surface area contributed by atoms with Gasteiger partial charge >= 0.3 is 12.1 Å². The van der Waals surface area contributed by atoms with Gasteiger partial charge in [0.25, 0.3) is 0 Å². The smallest absolute Gasteiger partial charge is 0.420 e. The van der Waals surface area contributed by atoms with Gasteiger partial charge in [-0.25, -0.2) is 4.98 Å². The minimum Gasteiger partial charge on any atom is -0.439 e. The molecule has 6 nitrogen and oxygen atoms in total. The van der Waals surface area contributed by atoms with Crippen LogP contribution in [0, 0.1) is 0 Å². The lowest BCUT2D eigenvalue weighted by Crippen LogP contribution is -2.43. The third-order valence-corrected chi connectivity index (χ3v) is 5.49. The fraction of sp³-hybridized carbons (Fsp3) is 0.333. The fourth-order valence-corrected chi connectivity index (χ4v) is 3.94. The molecule has 2 aliphatic heterocycles. The summed E-state index contributed by atoms with van der Waals surface area (Å²) in [4.78, 5) is 19.0. The maximum absolute atomic E-state index is 13.2. The number of aromatic nitrogens is 1. The Bertz CT molecular complexity index is 1120. The van der Waals surface area contributed by atoms with Gasteiger partial charge in [-0.2, -0.15) is 13.2 Å². The van der Waals surface area contributed by atoms with E-state index in [9.17, 15) is 18.0 Å². The van der Waals surface area contributed by atoms with Gasteiger partial charge in [-0.3, -0.25) is 4.79 Å². The molecule has 156 valence electrons. The number of benzene rings is 2. The van der Waals surface area contributed by atoms with Crippen LogP contribution in [0.2, 0.25) is 0 Å². The number of nitrogens with one attached hydrogen (secondary N) is 1. The van der Waals surface area contributed by atoms with Crippen LogP contribution in [0.15, 0.2) is 40.8 Å². The van der Waals surface area contributed by atoms with Crippen LogP contribution in [0.25, 0.3) is 11.1 Å². The fourth-order valence-electron chi connectivity index (χ4n) is 3.94. The molecule has 1 fully saturated rings. The Hall–Kier alpha value is -3.07. The minimum atomic E-state index is -4.57. The van der Waals surface area contributed by atoms with E-state index in [4.69, 9.17) is 9.15 Å². The van der Waals surface area contributed by atoms with Gasteiger partial charge in [-0.05, 0) is 30.2 Å². The van der Waals surface area contributed by atoms with Crippen molar-refractivity contribution in [2.24, 2.45) is 0 Å². The van der Waals surface area contributed by atoms with Crippen molar-refractivity contribution < 1.29 is 27.1 Å². The van der Waals surface area contributed by atoms with E-state index in [0.29, 0.717) is 5.75 Å². The molecular weight excluding hydrogens is 399 g/mol. The van der Waals surface area contributed by atoms with Crippen molar-refractivity contribution in [1.82, 2.24) is 10.3 Å². The Labute approximate surface area is 169 Å². The Balaban J connectivity index is 1.46. The predicted octanol–water partition coefficient (Wildman–Crippen LogP) is 3.50. The third kappa shape index (κ3) is 3.28. The molecule has 1 N–H and O–H groups in total. The number of alkyl halides is 3. The van der Waals surface area contributed by atoms with Crippen LogP contribution in [0.1, 0.15) is 22.9 Å². The highest BCUT2D eigenvalue weighted by Gasteiger charge is 2.38. The first-order valence-electron chi connectivity index (χ1n) is 9.67. The monoisotopic (exact) mass is 417 g/mol. The molecule has 1 saturated heterocycles. The molecule has 30 heavy (non-hydrogen) atoms. The first kappa shape index (κ1) is 18.9. The van der Waals surface area contributed by atoms with Crippen molar-refractivity contribution in [2.75, 3.05) is 31.1 Å². The molecule has 3 aromatic rings. The summed E-state index contributed by atoms with van der Waals surface area (Å²) in [7, 11) is 0. The number of rotatable bonds is 2. The molecule has 0 saturated carbocycles. The van der Waals surface area contributed by atoms with Gasteiger partial charge in [-0.15, -0.1) is 0 Å². The van der Waals surface area contributed by atoms with Crippen molar-refractivity contribution in [3.63, 3.8) is 0 Å². The van der Waals surface area contributed by atoms with E-state index < -0.39 is 23.6 Å². The number of fused-ring (bicyclic) bond motifs is 2. The Morgan fingerprint density at radius 1 is 1.13 bits per heavy atom. The summed E-state index contributed by atoms with van der Waals surface area (Å²) >= 11 is 0. The Morgan fingerprint density at radius 2 is 1.93 bits per heavy atom. The molecular formula is C21H18F3N3O3. The summed E-state index contributed by atoms with van der Waals surface area (Å²) in [6, 6.07) is 9.32. The average molecular weight is 417 g/mol. The SMILES string of the molecule is O=C1Oc2cc(N3CCNCC3)ccc2CC1c1nc2cccc(C(F)(F)F)c2o1. The second-order valence-electron chi connectivity index (χ2n) is 7.41. The third-order valence-electron chi connectivity index (χ3n) is 5.49. The van der Waals surface area contributed by atoms with Gasteiger partial charge in [0.1, 0.15) is 22.7 Å². The molecule has 1 unspecified atom stereocenters. The lowest BCUT2D eigenvalue weighted by Gasteiger charge is -2.30. The summed E-state index contributed by atoms with van der Waals surface area (Å²) in [5.41, 5.74) is 0.541. The molecule has 0 spiro atoms. The van der Waals surface area contributed by atoms with Crippen molar-refractivity contribution >= 4 is 22.8 Å². The highest BCUT2D eigenvalue weighted by Crippen LogP contribution is 2.39. The van der Waals surface area contributed by atoms with Crippen molar-refractivity contribution in [2.45, 2.75) is 18.5 Å². The predicted molar refractivity (Wildman–Crippen MR) is 103 cm³/mol. The molecule has 2 aromatic carbocycles. The largest absolute Gasteiger partial charge is 0.439 e. The number of para-hydroxylation sites is 1. The van der Waals surface area contributed by atoms with Crippen LogP contribution >= 0.6 is 0 Å².